The Bertz CT molecular complexity index is 1030. The molecule has 0 unspecified atom stereocenters. The number of thiophene rings is 1. The van der Waals surface area contributed by atoms with Gasteiger partial charge in [-0.1, -0.05) is 24.3 Å². The lowest BCUT2D eigenvalue weighted by atomic mass is 9.86. The molecule has 1 aromatic heterocycles. The largest absolute Gasteiger partial charge is 0.336 e. The zero-order valence-corrected chi connectivity index (χ0v) is 19.8. The van der Waals surface area contributed by atoms with Crippen LogP contribution in [-0.4, -0.2) is 41.4 Å². The standard InChI is InChI=1S/C27H31FN2OS/c1-19(2)30(27(31)22-8-10-24(28)11-9-22)16-23-15-29(14-21-12-13-32-18-21)17-26(23)25-7-5-4-6-20(25)3/h4-13,18-19,23,26H,14-17H2,1-3H3/t23-,26+/m1/s1. The van der Waals surface area contributed by atoms with Crippen molar-refractivity contribution in [3.05, 3.63) is 93.4 Å². The van der Waals surface area contributed by atoms with Crippen molar-refractivity contribution in [2.45, 2.75) is 39.3 Å². The van der Waals surface area contributed by atoms with Crippen molar-refractivity contribution >= 4 is 17.2 Å². The maximum atomic E-state index is 13.4. The lowest BCUT2D eigenvalue weighted by molar-refractivity contribution is 0.0668. The van der Waals surface area contributed by atoms with E-state index in [-0.39, 0.29) is 17.8 Å². The zero-order chi connectivity index (χ0) is 22.7. The van der Waals surface area contributed by atoms with Crippen LogP contribution in [0.3, 0.4) is 0 Å². The van der Waals surface area contributed by atoms with Gasteiger partial charge in [0.15, 0.2) is 0 Å². The summed E-state index contributed by atoms with van der Waals surface area (Å²) in [5.41, 5.74) is 4.58. The number of halogens is 1. The number of hydrogen-bond acceptors (Lipinski definition) is 3. The molecule has 2 aromatic carbocycles. The predicted octanol–water partition coefficient (Wildman–Crippen LogP) is 5.96. The van der Waals surface area contributed by atoms with E-state index in [0.717, 1.165) is 19.6 Å². The first kappa shape index (κ1) is 22.7. The lowest BCUT2D eigenvalue weighted by Gasteiger charge is -2.32. The first-order valence-electron chi connectivity index (χ1n) is 11.3. The Morgan fingerprint density at radius 1 is 1.12 bits per heavy atom. The number of carbonyl (C=O) groups is 1. The molecule has 1 aliphatic rings. The molecule has 1 amide bonds. The van der Waals surface area contributed by atoms with Gasteiger partial charge >= 0.3 is 0 Å². The van der Waals surface area contributed by atoms with Crippen LogP contribution < -0.4 is 0 Å². The molecule has 3 aromatic rings. The van der Waals surface area contributed by atoms with Crippen LogP contribution in [-0.2, 0) is 6.54 Å². The number of carbonyl (C=O) groups excluding carboxylic acids is 1. The summed E-state index contributed by atoms with van der Waals surface area (Å²) in [5, 5.41) is 4.35. The quantitative estimate of drug-likeness (QED) is 0.443. The zero-order valence-electron chi connectivity index (χ0n) is 19.0. The van der Waals surface area contributed by atoms with E-state index >= 15 is 0 Å². The Labute approximate surface area is 194 Å². The van der Waals surface area contributed by atoms with Gasteiger partial charge in [-0.3, -0.25) is 9.69 Å². The normalized spacial score (nSPS) is 18.9. The Balaban J connectivity index is 1.58. The van der Waals surface area contributed by atoms with Gasteiger partial charge in [0, 0.05) is 43.7 Å². The summed E-state index contributed by atoms with van der Waals surface area (Å²) in [7, 11) is 0. The number of hydrogen-bond donors (Lipinski definition) is 0. The third-order valence-electron chi connectivity index (χ3n) is 6.50. The molecular weight excluding hydrogens is 419 g/mol. The Morgan fingerprint density at radius 3 is 2.53 bits per heavy atom. The van der Waals surface area contributed by atoms with Gasteiger partial charge in [0.1, 0.15) is 5.82 Å². The van der Waals surface area contributed by atoms with E-state index in [4.69, 9.17) is 0 Å². The minimum absolute atomic E-state index is 0.0279. The van der Waals surface area contributed by atoms with Crippen molar-refractivity contribution in [1.29, 1.82) is 0 Å². The molecule has 5 heteroatoms. The van der Waals surface area contributed by atoms with Crippen molar-refractivity contribution in [2.24, 2.45) is 5.92 Å². The molecule has 0 bridgehead atoms. The molecule has 0 saturated carbocycles. The number of amides is 1. The van der Waals surface area contributed by atoms with Crippen LogP contribution in [0.2, 0.25) is 0 Å². The predicted molar refractivity (Wildman–Crippen MR) is 130 cm³/mol. The second kappa shape index (κ2) is 9.97. The monoisotopic (exact) mass is 450 g/mol. The van der Waals surface area contributed by atoms with Gasteiger partial charge in [0.05, 0.1) is 0 Å². The van der Waals surface area contributed by atoms with Gasteiger partial charge in [-0.05, 0) is 84.5 Å². The van der Waals surface area contributed by atoms with Gasteiger partial charge in [-0.25, -0.2) is 4.39 Å². The fraction of sp³-hybridized carbons (Fsp3) is 0.370. The number of aryl methyl sites for hydroxylation is 1. The average Bonchev–Trinajstić information content (AvgIpc) is 3.42. The number of benzene rings is 2. The molecular formula is C27H31FN2OS. The smallest absolute Gasteiger partial charge is 0.254 e. The highest BCUT2D eigenvalue weighted by atomic mass is 32.1. The maximum absolute atomic E-state index is 13.4. The molecule has 1 saturated heterocycles. The lowest BCUT2D eigenvalue weighted by Crippen LogP contribution is -2.42. The summed E-state index contributed by atoms with van der Waals surface area (Å²) < 4.78 is 13.4. The van der Waals surface area contributed by atoms with Crippen LogP contribution in [0.25, 0.3) is 0 Å². The van der Waals surface area contributed by atoms with Crippen LogP contribution in [0, 0.1) is 18.7 Å². The molecule has 1 aliphatic heterocycles. The van der Waals surface area contributed by atoms with Crippen LogP contribution in [0.5, 0.6) is 0 Å². The molecule has 3 nitrogen and oxygen atoms in total. The van der Waals surface area contributed by atoms with E-state index in [1.807, 2.05) is 4.90 Å². The Kier molecular flexibility index (Phi) is 7.07. The Morgan fingerprint density at radius 2 is 1.88 bits per heavy atom. The van der Waals surface area contributed by atoms with Gasteiger partial charge in [-0.15, -0.1) is 0 Å². The fourth-order valence-electron chi connectivity index (χ4n) is 4.81. The molecule has 32 heavy (non-hydrogen) atoms. The van der Waals surface area contributed by atoms with Crippen molar-refractivity contribution in [1.82, 2.24) is 9.80 Å². The average molecular weight is 451 g/mol. The summed E-state index contributed by atoms with van der Waals surface area (Å²) in [6.45, 7) is 9.86. The highest BCUT2D eigenvalue weighted by Crippen LogP contribution is 2.36. The van der Waals surface area contributed by atoms with E-state index in [9.17, 15) is 9.18 Å². The summed E-state index contributed by atoms with van der Waals surface area (Å²) >= 11 is 1.73. The third-order valence-corrected chi connectivity index (χ3v) is 7.23. The van der Waals surface area contributed by atoms with E-state index < -0.39 is 0 Å². The van der Waals surface area contributed by atoms with Gasteiger partial charge in [0.2, 0.25) is 0 Å². The van der Waals surface area contributed by atoms with Gasteiger partial charge in [-0.2, -0.15) is 11.3 Å². The summed E-state index contributed by atoms with van der Waals surface area (Å²) in [6.07, 6.45) is 0. The highest BCUT2D eigenvalue weighted by Gasteiger charge is 2.37. The molecule has 2 atom stereocenters. The first-order valence-corrected chi connectivity index (χ1v) is 12.2. The minimum Gasteiger partial charge on any atom is -0.336 e. The highest BCUT2D eigenvalue weighted by molar-refractivity contribution is 7.07. The number of rotatable bonds is 7. The summed E-state index contributed by atoms with van der Waals surface area (Å²) in [6, 6.07) is 16.8. The number of likely N-dealkylation sites (tertiary alicyclic amines) is 1. The third kappa shape index (κ3) is 5.11. The topological polar surface area (TPSA) is 23.6 Å². The summed E-state index contributed by atoms with van der Waals surface area (Å²) in [5.74, 6) is 0.357. The van der Waals surface area contributed by atoms with Gasteiger partial charge in [0.25, 0.3) is 5.91 Å². The van der Waals surface area contributed by atoms with E-state index in [2.05, 4.69) is 66.8 Å². The molecule has 0 aliphatic carbocycles. The van der Waals surface area contributed by atoms with Crippen LogP contribution in [0.4, 0.5) is 4.39 Å². The molecule has 1 fully saturated rings. The first-order chi connectivity index (χ1) is 15.4. The molecule has 2 heterocycles. The molecule has 0 N–H and O–H groups in total. The molecule has 0 radical (unpaired) electrons. The SMILES string of the molecule is Cc1ccccc1[C@H]1CN(Cc2ccsc2)C[C@@H]1CN(C(=O)c1ccc(F)cc1)C(C)C. The van der Waals surface area contributed by atoms with Crippen molar-refractivity contribution in [3.8, 4) is 0 Å². The fourth-order valence-corrected chi connectivity index (χ4v) is 5.47. The second-order valence-electron chi connectivity index (χ2n) is 9.11. The van der Waals surface area contributed by atoms with Crippen molar-refractivity contribution in [2.75, 3.05) is 19.6 Å². The molecule has 168 valence electrons. The van der Waals surface area contributed by atoms with Crippen LogP contribution in [0.15, 0.2) is 65.4 Å². The van der Waals surface area contributed by atoms with Crippen LogP contribution in [0.1, 0.15) is 46.8 Å². The van der Waals surface area contributed by atoms with E-state index in [1.165, 1.54) is 28.8 Å². The minimum atomic E-state index is -0.322. The van der Waals surface area contributed by atoms with E-state index in [1.54, 1.807) is 23.5 Å². The van der Waals surface area contributed by atoms with Crippen molar-refractivity contribution < 1.29 is 9.18 Å². The second-order valence-corrected chi connectivity index (χ2v) is 9.89. The molecule has 0 spiro atoms. The Hall–Kier alpha value is -2.50. The maximum Gasteiger partial charge on any atom is 0.254 e. The molecule has 4 rings (SSSR count). The summed E-state index contributed by atoms with van der Waals surface area (Å²) in [4.78, 5) is 17.8. The van der Waals surface area contributed by atoms with Crippen molar-refractivity contribution in [3.63, 3.8) is 0 Å². The van der Waals surface area contributed by atoms with Gasteiger partial charge < -0.3 is 4.90 Å². The number of nitrogens with zero attached hydrogens (tertiary/aromatic N) is 2. The van der Waals surface area contributed by atoms with E-state index in [0.29, 0.717) is 23.9 Å². The van der Waals surface area contributed by atoms with Crippen LogP contribution >= 0.6 is 11.3 Å².